The van der Waals surface area contributed by atoms with E-state index in [-0.39, 0.29) is 18.0 Å². The van der Waals surface area contributed by atoms with Crippen molar-refractivity contribution < 1.29 is 13.6 Å². The highest BCUT2D eigenvalue weighted by molar-refractivity contribution is 9.09. The van der Waals surface area contributed by atoms with E-state index in [1.807, 2.05) is 0 Å². The van der Waals surface area contributed by atoms with E-state index in [1.165, 1.54) is 0 Å². The molecule has 1 N–H and O–H groups in total. The van der Waals surface area contributed by atoms with Gasteiger partial charge in [-0.05, 0) is 31.0 Å². The van der Waals surface area contributed by atoms with Gasteiger partial charge in [0.15, 0.2) is 0 Å². The van der Waals surface area contributed by atoms with Crippen molar-refractivity contribution in [2.45, 2.75) is 25.8 Å². The second-order valence-electron chi connectivity index (χ2n) is 3.66. The van der Waals surface area contributed by atoms with Gasteiger partial charge in [0.05, 0.1) is 0 Å². The Morgan fingerprint density at radius 3 is 2.76 bits per heavy atom. The van der Waals surface area contributed by atoms with Gasteiger partial charge in [-0.2, -0.15) is 0 Å². The van der Waals surface area contributed by atoms with E-state index < -0.39 is 11.6 Å². The molecule has 1 aromatic rings. The first kappa shape index (κ1) is 14.1. The molecule has 0 saturated heterocycles. The number of unbranched alkanes of at least 4 members (excludes halogenated alkanes) is 1. The summed E-state index contributed by atoms with van der Waals surface area (Å²) < 4.78 is 26.0. The van der Waals surface area contributed by atoms with Crippen molar-refractivity contribution in [1.29, 1.82) is 0 Å². The van der Waals surface area contributed by atoms with Crippen molar-refractivity contribution in [3.63, 3.8) is 0 Å². The van der Waals surface area contributed by atoms with Crippen molar-refractivity contribution >= 4 is 21.8 Å². The maximum absolute atomic E-state index is 13.2. The smallest absolute Gasteiger partial charge is 0.220 e. The zero-order valence-corrected chi connectivity index (χ0v) is 10.9. The molecule has 5 heteroatoms. The highest BCUT2D eigenvalue weighted by Gasteiger charge is 2.06. The average Bonchev–Trinajstić information content (AvgIpc) is 2.31. The molecule has 1 amide bonds. The van der Waals surface area contributed by atoms with Gasteiger partial charge in [0.2, 0.25) is 5.91 Å². The van der Waals surface area contributed by atoms with Gasteiger partial charge in [-0.1, -0.05) is 15.9 Å². The molecule has 0 radical (unpaired) electrons. The molecule has 17 heavy (non-hydrogen) atoms. The van der Waals surface area contributed by atoms with Crippen LogP contribution >= 0.6 is 15.9 Å². The third kappa shape index (κ3) is 5.26. The molecule has 0 atom stereocenters. The molecule has 1 aromatic carbocycles. The summed E-state index contributed by atoms with van der Waals surface area (Å²) in [6, 6.07) is 3.20. The van der Waals surface area contributed by atoms with Crippen molar-refractivity contribution in [2.24, 2.45) is 0 Å². The lowest BCUT2D eigenvalue weighted by Crippen LogP contribution is -2.23. The Hall–Kier alpha value is -0.970. The zero-order chi connectivity index (χ0) is 12.7. The molecule has 0 heterocycles. The van der Waals surface area contributed by atoms with Gasteiger partial charge in [0.25, 0.3) is 0 Å². The van der Waals surface area contributed by atoms with Crippen LogP contribution in [0.4, 0.5) is 8.78 Å². The highest BCUT2D eigenvalue weighted by Crippen LogP contribution is 2.09. The summed E-state index contributed by atoms with van der Waals surface area (Å²) in [5.74, 6) is -1.16. The van der Waals surface area contributed by atoms with Gasteiger partial charge >= 0.3 is 0 Å². The van der Waals surface area contributed by atoms with Crippen LogP contribution in [0.5, 0.6) is 0 Å². The topological polar surface area (TPSA) is 29.1 Å². The summed E-state index contributed by atoms with van der Waals surface area (Å²) in [7, 11) is 0. The Morgan fingerprint density at radius 2 is 2.06 bits per heavy atom. The first-order valence-electron chi connectivity index (χ1n) is 5.40. The van der Waals surface area contributed by atoms with Crippen LogP contribution in [0.3, 0.4) is 0 Å². The van der Waals surface area contributed by atoms with Crippen molar-refractivity contribution in [2.75, 3.05) is 5.33 Å². The number of carbonyl (C=O) groups excluding carboxylic acids is 1. The Kier molecular flexibility index (Phi) is 6.11. The monoisotopic (exact) mass is 305 g/mol. The van der Waals surface area contributed by atoms with Crippen molar-refractivity contribution in [1.82, 2.24) is 5.32 Å². The SMILES string of the molecule is O=C(CCCCBr)NCc1cc(F)ccc1F. The number of rotatable bonds is 6. The van der Waals surface area contributed by atoms with Crippen LogP contribution in [0.15, 0.2) is 18.2 Å². The first-order valence-corrected chi connectivity index (χ1v) is 6.52. The van der Waals surface area contributed by atoms with Gasteiger partial charge < -0.3 is 5.32 Å². The molecule has 2 nitrogen and oxygen atoms in total. The fourth-order valence-corrected chi connectivity index (χ4v) is 1.74. The standard InChI is InChI=1S/C12H14BrF2NO/c13-6-2-1-3-12(17)16-8-9-7-10(14)4-5-11(9)15/h4-5,7H,1-3,6,8H2,(H,16,17). The highest BCUT2D eigenvalue weighted by atomic mass is 79.9. The summed E-state index contributed by atoms with van der Waals surface area (Å²) in [6.45, 7) is 0.0245. The first-order chi connectivity index (χ1) is 8.13. The van der Waals surface area contributed by atoms with E-state index in [4.69, 9.17) is 0 Å². The number of amides is 1. The Bertz CT molecular complexity index is 385. The number of benzene rings is 1. The maximum Gasteiger partial charge on any atom is 0.220 e. The van der Waals surface area contributed by atoms with E-state index >= 15 is 0 Å². The lowest BCUT2D eigenvalue weighted by molar-refractivity contribution is -0.121. The van der Waals surface area contributed by atoms with E-state index in [0.29, 0.717) is 6.42 Å². The third-order valence-corrected chi connectivity index (χ3v) is 2.83. The number of hydrogen-bond donors (Lipinski definition) is 1. The molecule has 0 saturated carbocycles. The van der Waals surface area contributed by atoms with Crippen LogP contribution < -0.4 is 5.32 Å². The second kappa shape index (κ2) is 7.37. The number of hydrogen-bond acceptors (Lipinski definition) is 1. The summed E-state index contributed by atoms with van der Waals surface area (Å²) >= 11 is 3.27. The summed E-state index contributed by atoms with van der Waals surface area (Å²) in [4.78, 5) is 11.3. The largest absolute Gasteiger partial charge is 0.352 e. The molecular weight excluding hydrogens is 292 g/mol. The fraction of sp³-hybridized carbons (Fsp3) is 0.417. The van der Waals surface area contributed by atoms with Crippen LogP contribution in [0.2, 0.25) is 0 Å². The van der Waals surface area contributed by atoms with Crippen LogP contribution in [0, 0.1) is 11.6 Å². The zero-order valence-electron chi connectivity index (χ0n) is 9.31. The molecule has 0 aliphatic rings. The molecular formula is C12H14BrF2NO. The average molecular weight is 306 g/mol. The quantitative estimate of drug-likeness (QED) is 0.635. The number of alkyl halides is 1. The summed E-state index contributed by atoms with van der Waals surface area (Å²) in [6.07, 6.45) is 2.10. The number of nitrogens with one attached hydrogen (secondary N) is 1. The Balaban J connectivity index is 2.39. The van der Waals surface area contributed by atoms with Crippen molar-refractivity contribution in [3.05, 3.63) is 35.4 Å². The van der Waals surface area contributed by atoms with Crippen LogP contribution in [-0.2, 0) is 11.3 Å². The van der Waals surface area contributed by atoms with Gasteiger partial charge in [0, 0.05) is 23.9 Å². The Labute approximate surface area is 108 Å². The van der Waals surface area contributed by atoms with Crippen LogP contribution in [0.1, 0.15) is 24.8 Å². The van der Waals surface area contributed by atoms with E-state index in [2.05, 4.69) is 21.2 Å². The molecule has 0 aliphatic carbocycles. The minimum atomic E-state index is -0.507. The second-order valence-corrected chi connectivity index (χ2v) is 4.45. The van der Waals surface area contributed by atoms with Gasteiger partial charge in [0.1, 0.15) is 11.6 Å². The molecule has 0 unspecified atom stereocenters. The van der Waals surface area contributed by atoms with Gasteiger partial charge in [-0.15, -0.1) is 0 Å². The van der Waals surface area contributed by atoms with Crippen LogP contribution in [0.25, 0.3) is 0 Å². The van der Waals surface area contributed by atoms with Crippen LogP contribution in [-0.4, -0.2) is 11.2 Å². The lowest BCUT2D eigenvalue weighted by Gasteiger charge is -2.06. The van der Waals surface area contributed by atoms with E-state index in [0.717, 1.165) is 36.4 Å². The molecule has 94 valence electrons. The molecule has 0 spiro atoms. The molecule has 1 rings (SSSR count). The molecule has 0 fully saturated rings. The summed E-state index contributed by atoms with van der Waals surface area (Å²) in [5.41, 5.74) is 0.166. The predicted octanol–water partition coefficient (Wildman–Crippen LogP) is 3.15. The van der Waals surface area contributed by atoms with Crippen molar-refractivity contribution in [3.8, 4) is 0 Å². The molecule has 0 aromatic heterocycles. The van der Waals surface area contributed by atoms with E-state index in [9.17, 15) is 13.6 Å². The Morgan fingerprint density at radius 1 is 1.29 bits per heavy atom. The number of halogens is 3. The number of carbonyl (C=O) groups is 1. The maximum atomic E-state index is 13.2. The van der Waals surface area contributed by atoms with Gasteiger partial charge in [-0.3, -0.25) is 4.79 Å². The minimum absolute atomic E-state index is 0.0245. The normalized spacial score (nSPS) is 10.3. The lowest BCUT2D eigenvalue weighted by atomic mass is 10.2. The minimum Gasteiger partial charge on any atom is -0.352 e. The van der Waals surface area contributed by atoms with E-state index in [1.54, 1.807) is 0 Å². The molecule has 0 aliphatic heterocycles. The third-order valence-electron chi connectivity index (χ3n) is 2.27. The fourth-order valence-electron chi connectivity index (χ4n) is 1.34. The predicted molar refractivity (Wildman–Crippen MR) is 65.8 cm³/mol. The molecule has 0 bridgehead atoms. The summed E-state index contributed by atoms with van der Waals surface area (Å²) in [5, 5.41) is 3.42. The van der Waals surface area contributed by atoms with Gasteiger partial charge in [-0.25, -0.2) is 8.78 Å².